The van der Waals surface area contributed by atoms with Gasteiger partial charge in [0, 0.05) is 25.8 Å². The zero-order chi connectivity index (χ0) is 11.5. The lowest BCUT2D eigenvalue weighted by atomic mass is 9.78. The first-order valence-corrected chi connectivity index (χ1v) is 6.38. The van der Waals surface area contributed by atoms with Crippen molar-refractivity contribution in [2.75, 3.05) is 0 Å². The largest absolute Gasteiger partial charge is 0.308 e. The Morgan fingerprint density at radius 2 is 2.25 bits per heavy atom. The average Bonchev–Trinajstić information content (AvgIpc) is 2.67. The van der Waals surface area contributed by atoms with Crippen LogP contribution in [0.3, 0.4) is 0 Å². The molecule has 1 saturated carbocycles. The molecule has 1 heterocycles. The smallest absolute Gasteiger partial charge is 0.0762 e. The van der Waals surface area contributed by atoms with Crippen LogP contribution in [0.5, 0.6) is 0 Å². The highest BCUT2D eigenvalue weighted by Crippen LogP contribution is 2.29. The number of nitrogens with zero attached hydrogens (tertiary/aromatic N) is 2. The van der Waals surface area contributed by atoms with E-state index < -0.39 is 0 Å². The summed E-state index contributed by atoms with van der Waals surface area (Å²) in [6, 6.07) is 2.76. The Labute approximate surface area is 98.2 Å². The molecule has 0 aliphatic heterocycles. The lowest BCUT2D eigenvalue weighted by Crippen LogP contribution is -2.40. The van der Waals surface area contributed by atoms with Crippen molar-refractivity contribution in [2.24, 2.45) is 18.9 Å². The van der Waals surface area contributed by atoms with E-state index >= 15 is 0 Å². The minimum Gasteiger partial charge on any atom is -0.308 e. The van der Waals surface area contributed by atoms with Crippen molar-refractivity contribution in [3.63, 3.8) is 0 Å². The summed E-state index contributed by atoms with van der Waals surface area (Å²) in [6.07, 6.45) is 6.08. The molecule has 1 aromatic rings. The highest BCUT2D eigenvalue weighted by atomic mass is 15.3. The molecule has 0 spiro atoms. The van der Waals surface area contributed by atoms with E-state index in [0.29, 0.717) is 6.04 Å². The number of nitrogens with one attached hydrogen (secondary N) is 1. The van der Waals surface area contributed by atoms with Gasteiger partial charge in [0.2, 0.25) is 0 Å². The molecular formula is C13H23N3. The predicted molar refractivity (Wildman–Crippen MR) is 66.0 cm³/mol. The fourth-order valence-electron chi connectivity index (χ4n) is 2.66. The van der Waals surface area contributed by atoms with Crippen molar-refractivity contribution in [1.29, 1.82) is 0 Å². The van der Waals surface area contributed by atoms with Gasteiger partial charge in [-0.05, 0) is 24.3 Å². The van der Waals surface area contributed by atoms with Gasteiger partial charge in [-0.2, -0.15) is 5.10 Å². The Bertz CT molecular complexity index is 332. The molecule has 3 unspecified atom stereocenters. The fourth-order valence-corrected chi connectivity index (χ4v) is 2.66. The standard InChI is InChI=1S/C13H23N3/c1-10-5-4-6-13(11(10)2)14-9-12-7-8-16(3)15-12/h7-8,10-11,13-14H,4-6,9H2,1-3H3. The second kappa shape index (κ2) is 5.00. The van der Waals surface area contributed by atoms with E-state index in [1.165, 1.54) is 19.3 Å². The van der Waals surface area contributed by atoms with E-state index in [1.807, 2.05) is 17.9 Å². The summed E-state index contributed by atoms with van der Waals surface area (Å²) in [6.45, 7) is 5.65. The molecule has 16 heavy (non-hydrogen) atoms. The molecule has 1 N–H and O–H groups in total. The van der Waals surface area contributed by atoms with Crippen LogP contribution in [0, 0.1) is 11.8 Å². The van der Waals surface area contributed by atoms with E-state index in [4.69, 9.17) is 0 Å². The number of rotatable bonds is 3. The predicted octanol–water partition coefficient (Wildman–Crippen LogP) is 2.33. The highest BCUT2D eigenvalue weighted by molar-refractivity contribution is 4.98. The minimum absolute atomic E-state index is 0.672. The van der Waals surface area contributed by atoms with Crippen LogP contribution in [0.1, 0.15) is 38.8 Å². The molecule has 0 saturated heterocycles. The fraction of sp³-hybridized carbons (Fsp3) is 0.769. The average molecular weight is 221 g/mol. The summed E-state index contributed by atoms with van der Waals surface area (Å²) >= 11 is 0. The topological polar surface area (TPSA) is 29.9 Å². The van der Waals surface area contributed by atoms with Gasteiger partial charge in [0.15, 0.2) is 0 Å². The van der Waals surface area contributed by atoms with E-state index in [1.54, 1.807) is 0 Å². The number of aryl methyl sites for hydroxylation is 1. The molecule has 0 amide bonds. The third kappa shape index (κ3) is 2.64. The molecule has 0 bridgehead atoms. The first-order valence-electron chi connectivity index (χ1n) is 6.38. The number of hydrogen-bond donors (Lipinski definition) is 1. The lowest BCUT2D eigenvalue weighted by Gasteiger charge is -2.34. The maximum absolute atomic E-state index is 4.39. The summed E-state index contributed by atoms with van der Waals surface area (Å²) in [5.74, 6) is 1.65. The van der Waals surface area contributed by atoms with Gasteiger partial charge in [-0.3, -0.25) is 4.68 Å². The normalized spacial score (nSPS) is 30.6. The Balaban J connectivity index is 1.85. The Hall–Kier alpha value is -0.830. The van der Waals surface area contributed by atoms with Crippen molar-refractivity contribution >= 4 is 0 Å². The molecule has 3 nitrogen and oxygen atoms in total. The third-order valence-corrected chi connectivity index (χ3v) is 4.02. The van der Waals surface area contributed by atoms with Gasteiger partial charge >= 0.3 is 0 Å². The molecule has 90 valence electrons. The quantitative estimate of drug-likeness (QED) is 0.849. The lowest BCUT2D eigenvalue weighted by molar-refractivity contribution is 0.205. The van der Waals surface area contributed by atoms with Crippen molar-refractivity contribution < 1.29 is 0 Å². The van der Waals surface area contributed by atoms with Gasteiger partial charge in [-0.1, -0.05) is 26.7 Å². The van der Waals surface area contributed by atoms with Crippen LogP contribution in [0.4, 0.5) is 0 Å². The van der Waals surface area contributed by atoms with Gasteiger partial charge in [0.05, 0.1) is 5.69 Å². The number of aromatic nitrogens is 2. The van der Waals surface area contributed by atoms with Crippen molar-refractivity contribution in [3.05, 3.63) is 18.0 Å². The van der Waals surface area contributed by atoms with Crippen molar-refractivity contribution in [2.45, 2.75) is 45.7 Å². The molecule has 0 radical (unpaired) electrons. The molecule has 1 aromatic heterocycles. The summed E-state index contributed by atoms with van der Waals surface area (Å²) in [4.78, 5) is 0. The van der Waals surface area contributed by atoms with Crippen LogP contribution < -0.4 is 5.32 Å². The molecular weight excluding hydrogens is 198 g/mol. The minimum atomic E-state index is 0.672. The van der Waals surface area contributed by atoms with E-state index in [2.05, 4.69) is 30.3 Å². The summed E-state index contributed by atoms with van der Waals surface area (Å²) in [7, 11) is 1.97. The van der Waals surface area contributed by atoms with Gasteiger partial charge < -0.3 is 5.32 Å². The van der Waals surface area contributed by atoms with Gasteiger partial charge in [0.25, 0.3) is 0 Å². The molecule has 3 heteroatoms. The third-order valence-electron chi connectivity index (χ3n) is 4.02. The number of hydrogen-bond acceptors (Lipinski definition) is 2. The summed E-state index contributed by atoms with van der Waals surface area (Å²) in [5, 5.41) is 8.05. The molecule has 0 aromatic carbocycles. The Kier molecular flexibility index (Phi) is 3.64. The Morgan fingerprint density at radius 3 is 2.94 bits per heavy atom. The van der Waals surface area contributed by atoms with Crippen LogP contribution in [-0.2, 0) is 13.6 Å². The van der Waals surface area contributed by atoms with Crippen molar-refractivity contribution in [1.82, 2.24) is 15.1 Å². The van der Waals surface area contributed by atoms with Crippen LogP contribution in [0.2, 0.25) is 0 Å². The monoisotopic (exact) mass is 221 g/mol. The maximum Gasteiger partial charge on any atom is 0.0762 e. The molecule has 1 aliphatic rings. The summed E-state index contributed by atoms with van der Waals surface area (Å²) in [5.41, 5.74) is 1.15. The summed E-state index contributed by atoms with van der Waals surface area (Å²) < 4.78 is 1.87. The van der Waals surface area contributed by atoms with E-state index in [-0.39, 0.29) is 0 Å². The van der Waals surface area contributed by atoms with Gasteiger partial charge in [0.1, 0.15) is 0 Å². The van der Waals surface area contributed by atoms with Crippen LogP contribution >= 0.6 is 0 Å². The van der Waals surface area contributed by atoms with Crippen molar-refractivity contribution in [3.8, 4) is 0 Å². The van der Waals surface area contributed by atoms with Gasteiger partial charge in [-0.25, -0.2) is 0 Å². The molecule has 2 rings (SSSR count). The van der Waals surface area contributed by atoms with E-state index in [0.717, 1.165) is 24.1 Å². The molecule has 3 atom stereocenters. The maximum atomic E-state index is 4.39. The molecule has 1 fully saturated rings. The zero-order valence-corrected chi connectivity index (χ0v) is 10.6. The van der Waals surface area contributed by atoms with Gasteiger partial charge in [-0.15, -0.1) is 0 Å². The first kappa shape index (κ1) is 11.6. The zero-order valence-electron chi connectivity index (χ0n) is 10.6. The SMILES string of the molecule is CC1CCCC(NCc2ccn(C)n2)C1C. The molecule has 1 aliphatic carbocycles. The van der Waals surface area contributed by atoms with Crippen LogP contribution in [-0.4, -0.2) is 15.8 Å². The second-order valence-corrected chi connectivity index (χ2v) is 5.24. The first-order chi connectivity index (χ1) is 7.66. The van der Waals surface area contributed by atoms with Crippen LogP contribution in [0.25, 0.3) is 0 Å². The highest BCUT2D eigenvalue weighted by Gasteiger charge is 2.26. The van der Waals surface area contributed by atoms with Crippen LogP contribution in [0.15, 0.2) is 12.3 Å². The second-order valence-electron chi connectivity index (χ2n) is 5.24. The Morgan fingerprint density at radius 1 is 1.44 bits per heavy atom. The van der Waals surface area contributed by atoms with E-state index in [9.17, 15) is 0 Å².